The van der Waals surface area contributed by atoms with Gasteiger partial charge in [0.25, 0.3) is 0 Å². The van der Waals surface area contributed by atoms with Gasteiger partial charge in [0, 0.05) is 6.04 Å². The predicted octanol–water partition coefficient (Wildman–Crippen LogP) is 3.78. The molecule has 1 N–H and O–H groups in total. The number of carbonyl (C=O) groups excluding carboxylic acids is 1. The Labute approximate surface area is 125 Å². The third-order valence-electron chi connectivity index (χ3n) is 4.34. The Bertz CT molecular complexity index is 301. The van der Waals surface area contributed by atoms with Gasteiger partial charge >= 0.3 is 0 Å². The zero-order valence-electron chi connectivity index (χ0n) is 14.3. The predicted molar refractivity (Wildman–Crippen MR) is 85.5 cm³/mol. The Hall–Kier alpha value is -0.570. The number of nitrogens with zero attached hydrogens (tertiary/aromatic N) is 1. The van der Waals surface area contributed by atoms with Crippen molar-refractivity contribution in [1.82, 2.24) is 10.2 Å². The topological polar surface area (TPSA) is 32.3 Å². The summed E-state index contributed by atoms with van der Waals surface area (Å²) in [5.41, 5.74) is 0. The Morgan fingerprint density at radius 1 is 1.15 bits per heavy atom. The van der Waals surface area contributed by atoms with Gasteiger partial charge < -0.3 is 4.90 Å². The molecule has 3 heteroatoms. The molecule has 0 bridgehead atoms. The van der Waals surface area contributed by atoms with E-state index in [1.54, 1.807) is 0 Å². The first-order valence-corrected chi connectivity index (χ1v) is 8.46. The van der Waals surface area contributed by atoms with E-state index < -0.39 is 0 Å². The normalized spacial score (nSPS) is 25.0. The number of nitrogens with one attached hydrogen (secondary N) is 1. The Morgan fingerprint density at radius 3 is 2.30 bits per heavy atom. The van der Waals surface area contributed by atoms with Crippen LogP contribution >= 0.6 is 0 Å². The van der Waals surface area contributed by atoms with Gasteiger partial charge in [-0.3, -0.25) is 10.1 Å². The van der Waals surface area contributed by atoms with Crippen molar-refractivity contribution in [3.05, 3.63) is 0 Å². The molecule has 0 aromatic carbocycles. The van der Waals surface area contributed by atoms with E-state index in [1.165, 1.54) is 6.42 Å². The average Bonchev–Trinajstić information content (AvgIpc) is 2.71. The lowest BCUT2D eigenvalue weighted by Gasteiger charge is -2.33. The molecule has 1 aliphatic heterocycles. The lowest BCUT2D eigenvalue weighted by atomic mass is 10.0. The fraction of sp³-hybridized carbons (Fsp3) is 0.941. The van der Waals surface area contributed by atoms with Gasteiger partial charge in [0.05, 0.1) is 12.2 Å². The van der Waals surface area contributed by atoms with E-state index in [1.807, 2.05) is 0 Å². The van der Waals surface area contributed by atoms with Gasteiger partial charge in [-0.2, -0.15) is 0 Å². The van der Waals surface area contributed by atoms with Crippen LogP contribution < -0.4 is 5.32 Å². The van der Waals surface area contributed by atoms with E-state index in [0.29, 0.717) is 23.8 Å². The van der Waals surface area contributed by atoms with Gasteiger partial charge in [-0.05, 0) is 38.0 Å². The molecule has 0 aromatic heterocycles. The molecular formula is C17H34N2O. The summed E-state index contributed by atoms with van der Waals surface area (Å²) < 4.78 is 0. The zero-order valence-corrected chi connectivity index (χ0v) is 14.3. The van der Waals surface area contributed by atoms with Gasteiger partial charge in [-0.1, -0.05) is 47.5 Å². The molecule has 0 saturated carbocycles. The van der Waals surface area contributed by atoms with Crippen LogP contribution in [0.1, 0.15) is 73.6 Å². The van der Waals surface area contributed by atoms with Crippen molar-refractivity contribution in [2.24, 2.45) is 11.8 Å². The van der Waals surface area contributed by atoms with Crippen LogP contribution in [-0.4, -0.2) is 29.1 Å². The van der Waals surface area contributed by atoms with Crippen molar-refractivity contribution < 1.29 is 4.79 Å². The summed E-state index contributed by atoms with van der Waals surface area (Å²) in [7, 11) is 0. The van der Waals surface area contributed by atoms with Crippen molar-refractivity contribution in [1.29, 1.82) is 0 Å². The molecule has 1 fully saturated rings. The Morgan fingerprint density at radius 2 is 1.80 bits per heavy atom. The quantitative estimate of drug-likeness (QED) is 0.734. The maximum atomic E-state index is 12.7. The first kappa shape index (κ1) is 17.5. The monoisotopic (exact) mass is 282 g/mol. The smallest absolute Gasteiger partial charge is 0.241 e. The number of hydrogen-bond donors (Lipinski definition) is 1. The second kappa shape index (κ2) is 8.02. The average molecular weight is 282 g/mol. The third-order valence-corrected chi connectivity index (χ3v) is 4.34. The first-order valence-electron chi connectivity index (χ1n) is 8.46. The van der Waals surface area contributed by atoms with Crippen molar-refractivity contribution in [3.63, 3.8) is 0 Å². The van der Waals surface area contributed by atoms with E-state index in [9.17, 15) is 4.79 Å². The van der Waals surface area contributed by atoms with Crippen LogP contribution in [0.5, 0.6) is 0 Å². The summed E-state index contributed by atoms with van der Waals surface area (Å²) in [5, 5.41) is 3.57. The lowest BCUT2D eigenvalue weighted by molar-refractivity contribution is -0.132. The highest BCUT2D eigenvalue weighted by Crippen LogP contribution is 2.25. The van der Waals surface area contributed by atoms with Gasteiger partial charge in [-0.15, -0.1) is 0 Å². The third kappa shape index (κ3) is 4.47. The standard InChI is InChI=1S/C17H34N2O/c1-7-8-9-15-17(20)19(16(18-15)13(4)5)14(6)11-10-12(2)3/h12-16,18H,7-11H2,1-6H3. The summed E-state index contributed by atoms with van der Waals surface area (Å²) in [6, 6.07) is 0.389. The molecular weight excluding hydrogens is 248 g/mol. The molecule has 1 amide bonds. The largest absolute Gasteiger partial charge is 0.323 e. The number of unbranched alkanes of at least 4 members (excludes halogenated alkanes) is 1. The highest BCUT2D eigenvalue weighted by atomic mass is 16.2. The van der Waals surface area contributed by atoms with Gasteiger partial charge in [0.2, 0.25) is 5.91 Å². The molecule has 1 rings (SSSR count). The fourth-order valence-corrected chi connectivity index (χ4v) is 3.01. The number of rotatable bonds is 8. The van der Waals surface area contributed by atoms with Crippen molar-refractivity contribution in [2.45, 2.75) is 91.9 Å². The van der Waals surface area contributed by atoms with Gasteiger partial charge in [-0.25, -0.2) is 0 Å². The second-order valence-corrected chi connectivity index (χ2v) is 7.12. The van der Waals surface area contributed by atoms with E-state index in [-0.39, 0.29) is 12.2 Å². The SMILES string of the molecule is CCCCC1NC(C(C)C)N(C(C)CCC(C)C)C1=O. The molecule has 1 heterocycles. The van der Waals surface area contributed by atoms with E-state index in [4.69, 9.17) is 0 Å². The maximum Gasteiger partial charge on any atom is 0.241 e. The van der Waals surface area contributed by atoms with Gasteiger partial charge in [0.1, 0.15) is 0 Å². The summed E-state index contributed by atoms with van der Waals surface area (Å²) in [6.07, 6.45) is 5.77. The van der Waals surface area contributed by atoms with Crippen molar-refractivity contribution >= 4 is 5.91 Å². The molecule has 3 atom stereocenters. The highest BCUT2D eigenvalue weighted by molar-refractivity contribution is 5.84. The maximum absolute atomic E-state index is 12.7. The van der Waals surface area contributed by atoms with Crippen LogP contribution in [0, 0.1) is 11.8 Å². The van der Waals surface area contributed by atoms with Crippen LogP contribution in [0.3, 0.4) is 0 Å². The Kier molecular flexibility index (Phi) is 7.01. The summed E-state index contributed by atoms with van der Waals surface area (Å²) >= 11 is 0. The molecule has 20 heavy (non-hydrogen) atoms. The van der Waals surface area contributed by atoms with Crippen LogP contribution in [-0.2, 0) is 4.79 Å². The molecule has 0 aliphatic carbocycles. The summed E-state index contributed by atoms with van der Waals surface area (Å²) in [5.74, 6) is 1.50. The highest BCUT2D eigenvalue weighted by Gasteiger charge is 2.41. The molecule has 118 valence electrons. The van der Waals surface area contributed by atoms with E-state index >= 15 is 0 Å². The molecule has 1 saturated heterocycles. The van der Waals surface area contributed by atoms with Crippen LogP contribution in [0.4, 0.5) is 0 Å². The second-order valence-electron chi connectivity index (χ2n) is 7.12. The zero-order chi connectivity index (χ0) is 15.3. The molecule has 0 radical (unpaired) electrons. The number of carbonyl (C=O) groups is 1. The molecule has 0 aromatic rings. The van der Waals surface area contributed by atoms with Crippen molar-refractivity contribution in [2.75, 3.05) is 0 Å². The van der Waals surface area contributed by atoms with E-state index in [0.717, 1.165) is 25.7 Å². The molecule has 3 nitrogen and oxygen atoms in total. The molecule has 0 spiro atoms. The van der Waals surface area contributed by atoms with Crippen LogP contribution in [0.15, 0.2) is 0 Å². The minimum absolute atomic E-state index is 0.0452. The van der Waals surface area contributed by atoms with Gasteiger partial charge in [0.15, 0.2) is 0 Å². The molecule has 3 unspecified atom stereocenters. The minimum Gasteiger partial charge on any atom is -0.323 e. The lowest BCUT2D eigenvalue weighted by Crippen LogP contribution is -2.46. The number of hydrogen-bond acceptors (Lipinski definition) is 2. The minimum atomic E-state index is 0.0452. The van der Waals surface area contributed by atoms with E-state index in [2.05, 4.69) is 51.8 Å². The fourth-order valence-electron chi connectivity index (χ4n) is 3.01. The summed E-state index contributed by atoms with van der Waals surface area (Å²) in [6.45, 7) is 13.3. The van der Waals surface area contributed by atoms with Crippen LogP contribution in [0.25, 0.3) is 0 Å². The Balaban J connectivity index is 2.70. The number of amides is 1. The molecule has 1 aliphatic rings. The summed E-state index contributed by atoms with van der Waals surface area (Å²) in [4.78, 5) is 14.8. The first-order chi connectivity index (χ1) is 9.38. The van der Waals surface area contributed by atoms with Crippen LogP contribution in [0.2, 0.25) is 0 Å². The van der Waals surface area contributed by atoms with Crippen molar-refractivity contribution in [3.8, 4) is 0 Å².